The molecule has 4 rings (SSSR count). The molecule has 142 valence electrons. The fourth-order valence-corrected chi connectivity index (χ4v) is 3.48. The van der Waals surface area contributed by atoms with Crippen LogP contribution in [-0.4, -0.2) is 39.0 Å². The second-order valence-electron chi connectivity index (χ2n) is 6.85. The summed E-state index contributed by atoms with van der Waals surface area (Å²) < 4.78 is 38.8. The van der Waals surface area contributed by atoms with Crippen LogP contribution in [0.4, 0.5) is 19.0 Å². The zero-order valence-electron chi connectivity index (χ0n) is 14.6. The van der Waals surface area contributed by atoms with E-state index < -0.39 is 11.9 Å². The van der Waals surface area contributed by atoms with Crippen molar-refractivity contribution in [3.05, 3.63) is 54.0 Å². The van der Waals surface area contributed by atoms with E-state index in [0.29, 0.717) is 11.2 Å². The number of anilines is 1. The van der Waals surface area contributed by atoms with Gasteiger partial charge in [-0.1, -0.05) is 30.3 Å². The van der Waals surface area contributed by atoms with Gasteiger partial charge in [-0.3, -0.25) is 4.90 Å². The van der Waals surface area contributed by atoms with E-state index in [9.17, 15) is 13.2 Å². The molecule has 0 spiro atoms. The van der Waals surface area contributed by atoms with Crippen LogP contribution in [0.25, 0.3) is 11.0 Å². The predicted molar refractivity (Wildman–Crippen MR) is 97.3 cm³/mol. The molecule has 3 aromatic rings. The van der Waals surface area contributed by atoms with Gasteiger partial charge in [0, 0.05) is 25.7 Å². The monoisotopic (exact) mass is 375 g/mol. The van der Waals surface area contributed by atoms with Crippen LogP contribution in [0, 0.1) is 0 Å². The van der Waals surface area contributed by atoms with Gasteiger partial charge in [0.05, 0.1) is 5.39 Å². The van der Waals surface area contributed by atoms with E-state index in [0.717, 1.165) is 38.5 Å². The van der Waals surface area contributed by atoms with Gasteiger partial charge in [-0.25, -0.2) is 9.97 Å². The standard InChI is InChI=1S/C19H20F3N5/c20-19(21,22)16-10-15-17(23-12-24-18(15)26-16)25-14-6-8-27(9-7-14)11-13-4-2-1-3-5-13/h1-5,10,12,14H,6-9,11H2,(H2,23,24,25,26). The first-order valence-corrected chi connectivity index (χ1v) is 8.93. The Morgan fingerprint density at radius 2 is 1.85 bits per heavy atom. The highest BCUT2D eigenvalue weighted by Crippen LogP contribution is 2.32. The van der Waals surface area contributed by atoms with Crippen molar-refractivity contribution < 1.29 is 13.2 Å². The highest BCUT2D eigenvalue weighted by molar-refractivity contribution is 5.87. The van der Waals surface area contributed by atoms with Crippen molar-refractivity contribution in [2.45, 2.75) is 31.6 Å². The number of aromatic amines is 1. The molecule has 0 aliphatic carbocycles. The largest absolute Gasteiger partial charge is 0.431 e. The number of hydrogen-bond donors (Lipinski definition) is 2. The second kappa shape index (κ2) is 7.19. The summed E-state index contributed by atoms with van der Waals surface area (Å²) in [6.45, 7) is 2.78. The lowest BCUT2D eigenvalue weighted by molar-refractivity contribution is -0.140. The first kappa shape index (κ1) is 17.8. The lowest BCUT2D eigenvalue weighted by atomic mass is 10.0. The Labute approximate surface area is 154 Å². The van der Waals surface area contributed by atoms with Crippen molar-refractivity contribution in [2.24, 2.45) is 0 Å². The number of fused-ring (bicyclic) bond motifs is 1. The molecule has 8 heteroatoms. The molecule has 1 aliphatic rings. The fraction of sp³-hybridized carbons (Fsp3) is 0.368. The summed E-state index contributed by atoms with van der Waals surface area (Å²) in [5.41, 5.74) is 0.675. The smallest absolute Gasteiger partial charge is 0.367 e. The molecule has 1 aliphatic heterocycles. The maximum absolute atomic E-state index is 12.9. The van der Waals surface area contributed by atoms with Crippen molar-refractivity contribution in [3.63, 3.8) is 0 Å². The average Bonchev–Trinajstić information content (AvgIpc) is 3.10. The van der Waals surface area contributed by atoms with Crippen molar-refractivity contribution in [1.82, 2.24) is 19.9 Å². The molecule has 1 saturated heterocycles. The molecule has 5 nitrogen and oxygen atoms in total. The topological polar surface area (TPSA) is 56.8 Å². The summed E-state index contributed by atoms with van der Waals surface area (Å²) in [7, 11) is 0. The minimum atomic E-state index is -4.43. The highest BCUT2D eigenvalue weighted by Gasteiger charge is 2.33. The maximum Gasteiger partial charge on any atom is 0.431 e. The van der Waals surface area contributed by atoms with Gasteiger partial charge < -0.3 is 10.3 Å². The summed E-state index contributed by atoms with van der Waals surface area (Å²) in [6.07, 6.45) is -1.32. The molecule has 0 radical (unpaired) electrons. The summed E-state index contributed by atoms with van der Waals surface area (Å²) >= 11 is 0. The minimum absolute atomic E-state index is 0.180. The number of aromatic nitrogens is 3. The Hall–Kier alpha value is -2.61. The van der Waals surface area contributed by atoms with Crippen LogP contribution >= 0.6 is 0 Å². The molecule has 27 heavy (non-hydrogen) atoms. The van der Waals surface area contributed by atoms with Gasteiger partial charge in [-0.15, -0.1) is 0 Å². The summed E-state index contributed by atoms with van der Waals surface area (Å²) in [4.78, 5) is 12.8. The van der Waals surface area contributed by atoms with E-state index in [-0.39, 0.29) is 11.7 Å². The molecular formula is C19H20F3N5. The first-order chi connectivity index (χ1) is 13.0. The van der Waals surface area contributed by atoms with E-state index in [1.807, 2.05) is 18.2 Å². The van der Waals surface area contributed by atoms with Gasteiger partial charge in [-0.2, -0.15) is 13.2 Å². The van der Waals surface area contributed by atoms with Gasteiger partial charge in [0.2, 0.25) is 0 Å². The van der Waals surface area contributed by atoms with Crippen molar-refractivity contribution in [3.8, 4) is 0 Å². The molecule has 0 atom stereocenters. The molecule has 0 bridgehead atoms. The number of H-pyrrole nitrogens is 1. The summed E-state index contributed by atoms with van der Waals surface area (Å²) in [5.74, 6) is 0.452. The number of nitrogens with one attached hydrogen (secondary N) is 2. The minimum Gasteiger partial charge on any atom is -0.367 e. The molecule has 3 heterocycles. The average molecular weight is 375 g/mol. The zero-order valence-corrected chi connectivity index (χ0v) is 14.6. The van der Waals surface area contributed by atoms with Crippen LogP contribution in [0.3, 0.4) is 0 Å². The van der Waals surface area contributed by atoms with E-state index in [1.165, 1.54) is 11.9 Å². The number of rotatable bonds is 4. The second-order valence-corrected chi connectivity index (χ2v) is 6.85. The Balaban J connectivity index is 1.41. The van der Waals surface area contributed by atoms with Crippen LogP contribution in [0.5, 0.6) is 0 Å². The van der Waals surface area contributed by atoms with Gasteiger partial charge in [0.15, 0.2) is 0 Å². The van der Waals surface area contributed by atoms with Crippen LogP contribution in [0.1, 0.15) is 24.1 Å². The zero-order chi connectivity index (χ0) is 18.9. The molecule has 0 saturated carbocycles. The molecule has 1 aromatic carbocycles. The Morgan fingerprint density at radius 1 is 1.11 bits per heavy atom. The summed E-state index contributed by atoms with van der Waals surface area (Å²) in [5, 5.41) is 3.68. The van der Waals surface area contributed by atoms with Gasteiger partial charge in [0.25, 0.3) is 0 Å². The van der Waals surface area contributed by atoms with Gasteiger partial charge in [-0.05, 0) is 24.5 Å². The molecule has 0 amide bonds. The van der Waals surface area contributed by atoms with Crippen LogP contribution in [0.15, 0.2) is 42.7 Å². The van der Waals surface area contributed by atoms with E-state index in [2.05, 4.69) is 37.3 Å². The van der Waals surface area contributed by atoms with Gasteiger partial charge >= 0.3 is 6.18 Å². The Morgan fingerprint density at radius 3 is 2.56 bits per heavy atom. The number of halogens is 3. The predicted octanol–water partition coefficient (Wildman–Crippen LogP) is 4.05. The third kappa shape index (κ3) is 4.05. The Bertz CT molecular complexity index is 899. The quantitative estimate of drug-likeness (QED) is 0.722. The number of piperidine rings is 1. The third-order valence-corrected chi connectivity index (χ3v) is 4.91. The van der Waals surface area contributed by atoms with E-state index >= 15 is 0 Å². The van der Waals surface area contributed by atoms with Crippen molar-refractivity contribution >= 4 is 16.9 Å². The SMILES string of the molecule is FC(F)(F)c1cc2c(NC3CCN(Cc4ccccc4)CC3)ncnc2[nH]1. The van der Waals surface area contributed by atoms with Gasteiger partial charge in [0.1, 0.15) is 23.5 Å². The molecular weight excluding hydrogens is 355 g/mol. The van der Waals surface area contributed by atoms with E-state index in [4.69, 9.17) is 0 Å². The molecule has 1 fully saturated rings. The lowest BCUT2D eigenvalue weighted by Crippen LogP contribution is -2.38. The highest BCUT2D eigenvalue weighted by atomic mass is 19.4. The molecule has 0 unspecified atom stereocenters. The van der Waals surface area contributed by atoms with Crippen LogP contribution in [-0.2, 0) is 12.7 Å². The van der Waals surface area contributed by atoms with Crippen molar-refractivity contribution in [2.75, 3.05) is 18.4 Å². The summed E-state index contributed by atoms with van der Waals surface area (Å²) in [6, 6.07) is 11.6. The number of benzene rings is 1. The fourth-order valence-electron chi connectivity index (χ4n) is 3.48. The molecule has 2 N–H and O–H groups in total. The number of alkyl halides is 3. The maximum atomic E-state index is 12.9. The molecule has 2 aromatic heterocycles. The number of likely N-dealkylation sites (tertiary alicyclic amines) is 1. The van der Waals surface area contributed by atoms with Crippen molar-refractivity contribution in [1.29, 1.82) is 0 Å². The number of nitrogens with zero attached hydrogens (tertiary/aromatic N) is 3. The Kier molecular flexibility index (Phi) is 4.73. The normalized spacial score (nSPS) is 16.7. The third-order valence-electron chi connectivity index (χ3n) is 4.91. The first-order valence-electron chi connectivity index (χ1n) is 8.93. The number of hydrogen-bond acceptors (Lipinski definition) is 4. The van der Waals surface area contributed by atoms with E-state index in [1.54, 1.807) is 0 Å². The van der Waals surface area contributed by atoms with Crippen LogP contribution in [0.2, 0.25) is 0 Å². The lowest BCUT2D eigenvalue weighted by Gasteiger charge is -2.32. The van der Waals surface area contributed by atoms with Crippen LogP contribution < -0.4 is 5.32 Å².